The predicted molar refractivity (Wildman–Crippen MR) is 78.7 cm³/mol. The molecule has 20 heavy (non-hydrogen) atoms. The van der Waals surface area contributed by atoms with E-state index in [2.05, 4.69) is 20.6 Å². The number of pyridine rings is 2. The van der Waals surface area contributed by atoms with Crippen molar-refractivity contribution in [1.82, 2.24) is 15.3 Å². The molecule has 2 rings (SSSR count). The molecule has 0 aliphatic heterocycles. The third-order valence-electron chi connectivity index (χ3n) is 2.78. The van der Waals surface area contributed by atoms with Crippen molar-refractivity contribution in [2.75, 3.05) is 18.4 Å². The molecule has 2 heterocycles. The number of nitrogens with zero attached hydrogens (tertiary/aromatic N) is 2. The Hall–Kier alpha value is -2.43. The molecule has 0 saturated heterocycles. The van der Waals surface area contributed by atoms with Crippen LogP contribution in [0.3, 0.4) is 0 Å². The number of carbonyl (C=O) groups is 1. The highest BCUT2D eigenvalue weighted by atomic mass is 16.1. The highest BCUT2D eigenvalue weighted by molar-refractivity contribution is 5.94. The van der Waals surface area contributed by atoms with E-state index in [1.165, 1.54) is 0 Å². The van der Waals surface area contributed by atoms with Crippen LogP contribution >= 0.6 is 0 Å². The summed E-state index contributed by atoms with van der Waals surface area (Å²) in [6.45, 7) is 3.37. The molecule has 1 amide bonds. The highest BCUT2D eigenvalue weighted by Crippen LogP contribution is 2.04. The molecule has 0 spiro atoms. The van der Waals surface area contributed by atoms with E-state index in [1.807, 2.05) is 25.1 Å². The number of hydrogen-bond acceptors (Lipinski definition) is 4. The van der Waals surface area contributed by atoms with Crippen LogP contribution in [-0.2, 0) is 6.42 Å². The second-order valence-electron chi connectivity index (χ2n) is 4.29. The Morgan fingerprint density at radius 1 is 1.20 bits per heavy atom. The number of nitrogens with one attached hydrogen (secondary N) is 2. The monoisotopic (exact) mass is 270 g/mol. The Bertz CT molecular complexity index is 540. The van der Waals surface area contributed by atoms with Crippen LogP contribution in [0.1, 0.15) is 23.0 Å². The summed E-state index contributed by atoms with van der Waals surface area (Å²) in [5.41, 5.74) is 1.53. The lowest BCUT2D eigenvalue weighted by Crippen LogP contribution is -2.26. The van der Waals surface area contributed by atoms with Gasteiger partial charge in [0.05, 0.1) is 5.56 Å². The van der Waals surface area contributed by atoms with Gasteiger partial charge >= 0.3 is 0 Å². The van der Waals surface area contributed by atoms with Crippen LogP contribution in [0, 0.1) is 0 Å². The fourth-order valence-electron chi connectivity index (χ4n) is 1.77. The van der Waals surface area contributed by atoms with Crippen LogP contribution in [0.4, 0.5) is 5.82 Å². The molecule has 0 unspecified atom stereocenters. The summed E-state index contributed by atoms with van der Waals surface area (Å²) >= 11 is 0. The first kappa shape index (κ1) is 14.0. The quantitative estimate of drug-likeness (QED) is 0.841. The first-order valence-electron chi connectivity index (χ1n) is 6.67. The summed E-state index contributed by atoms with van der Waals surface area (Å²) in [5.74, 6) is 0.661. The van der Waals surface area contributed by atoms with Gasteiger partial charge in [0.15, 0.2) is 0 Å². The van der Waals surface area contributed by atoms with E-state index in [1.54, 1.807) is 24.5 Å². The molecule has 5 heteroatoms. The summed E-state index contributed by atoms with van der Waals surface area (Å²) in [7, 11) is 0. The Morgan fingerprint density at radius 2 is 2.10 bits per heavy atom. The molecule has 0 atom stereocenters. The fourth-order valence-corrected chi connectivity index (χ4v) is 1.77. The lowest BCUT2D eigenvalue weighted by Gasteiger charge is -2.06. The van der Waals surface area contributed by atoms with Gasteiger partial charge in [-0.15, -0.1) is 0 Å². The van der Waals surface area contributed by atoms with Gasteiger partial charge in [0.2, 0.25) is 0 Å². The summed E-state index contributed by atoms with van der Waals surface area (Å²) < 4.78 is 0. The minimum Gasteiger partial charge on any atom is -0.370 e. The zero-order chi connectivity index (χ0) is 14.2. The van der Waals surface area contributed by atoms with Gasteiger partial charge in [-0.1, -0.05) is 6.07 Å². The van der Waals surface area contributed by atoms with E-state index in [9.17, 15) is 4.79 Å². The molecule has 0 aliphatic carbocycles. The number of carbonyl (C=O) groups excluding carboxylic acids is 1. The number of hydrogen-bond donors (Lipinski definition) is 2. The van der Waals surface area contributed by atoms with Crippen molar-refractivity contribution >= 4 is 11.7 Å². The number of amides is 1. The SMILES string of the molecule is CCNc1ccc(C(=O)NCCc2ccccn2)cn1. The number of aromatic nitrogens is 2. The van der Waals surface area contributed by atoms with Gasteiger partial charge in [-0.05, 0) is 31.2 Å². The van der Waals surface area contributed by atoms with E-state index >= 15 is 0 Å². The zero-order valence-electron chi connectivity index (χ0n) is 11.5. The summed E-state index contributed by atoms with van der Waals surface area (Å²) in [6.07, 6.45) is 4.05. The molecule has 2 aromatic rings. The number of rotatable bonds is 6. The van der Waals surface area contributed by atoms with E-state index in [4.69, 9.17) is 0 Å². The maximum atomic E-state index is 11.9. The first-order chi connectivity index (χ1) is 9.79. The van der Waals surface area contributed by atoms with Crippen molar-refractivity contribution in [3.05, 3.63) is 54.0 Å². The maximum Gasteiger partial charge on any atom is 0.252 e. The van der Waals surface area contributed by atoms with Crippen molar-refractivity contribution in [3.63, 3.8) is 0 Å². The fraction of sp³-hybridized carbons (Fsp3) is 0.267. The van der Waals surface area contributed by atoms with E-state index < -0.39 is 0 Å². The molecule has 104 valence electrons. The summed E-state index contributed by atoms with van der Waals surface area (Å²) in [5, 5.41) is 5.95. The third kappa shape index (κ3) is 4.05. The predicted octanol–water partition coefficient (Wildman–Crippen LogP) is 1.88. The molecule has 2 N–H and O–H groups in total. The lowest BCUT2D eigenvalue weighted by molar-refractivity contribution is 0.0954. The van der Waals surface area contributed by atoms with Gasteiger partial charge in [-0.25, -0.2) is 4.98 Å². The van der Waals surface area contributed by atoms with Crippen LogP contribution in [0.25, 0.3) is 0 Å². The van der Waals surface area contributed by atoms with Crippen LogP contribution in [0.2, 0.25) is 0 Å². The van der Waals surface area contributed by atoms with Crippen LogP contribution in [-0.4, -0.2) is 29.0 Å². The van der Waals surface area contributed by atoms with Crippen molar-refractivity contribution in [1.29, 1.82) is 0 Å². The summed E-state index contributed by atoms with van der Waals surface area (Å²) in [4.78, 5) is 20.3. The molecular weight excluding hydrogens is 252 g/mol. The Labute approximate surface area is 118 Å². The average Bonchev–Trinajstić information content (AvgIpc) is 2.49. The Morgan fingerprint density at radius 3 is 2.75 bits per heavy atom. The second kappa shape index (κ2) is 7.23. The molecule has 0 saturated carbocycles. The van der Waals surface area contributed by atoms with E-state index in [-0.39, 0.29) is 5.91 Å². The smallest absolute Gasteiger partial charge is 0.252 e. The van der Waals surface area contributed by atoms with E-state index in [0.29, 0.717) is 12.1 Å². The molecular formula is C15H18N4O. The topological polar surface area (TPSA) is 66.9 Å². The van der Waals surface area contributed by atoms with Gasteiger partial charge < -0.3 is 10.6 Å². The van der Waals surface area contributed by atoms with Gasteiger partial charge in [0.1, 0.15) is 5.82 Å². The van der Waals surface area contributed by atoms with Crippen molar-refractivity contribution in [3.8, 4) is 0 Å². The minimum absolute atomic E-state index is 0.114. The normalized spacial score (nSPS) is 10.1. The highest BCUT2D eigenvalue weighted by Gasteiger charge is 2.05. The van der Waals surface area contributed by atoms with Crippen molar-refractivity contribution in [2.45, 2.75) is 13.3 Å². The minimum atomic E-state index is -0.114. The van der Waals surface area contributed by atoms with Gasteiger partial charge in [-0.2, -0.15) is 0 Å². The standard InChI is InChI=1S/C15H18N4O/c1-2-16-14-7-6-12(11-19-14)15(20)18-10-8-13-5-3-4-9-17-13/h3-7,9,11H,2,8,10H2,1H3,(H,16,19)(H,18,20). The van der Waals surface area contributed by atoms with Crippen molar-refractivity contribution < 1.29 is 4.79 Å². The lowest BCUT2D eigenvalue weighted by atomic mass is 10.2. The Balaban J connectivity index is 1.82. The van der Waals surface area contributed by atoms with Crippen LogP contribution in [0.5, 0.6) is 0 Å². The molecule has 0 fully saturated rings. The summed E-state index contributed by atoms with van der Waals surface area (Å²) in [6, 6.07) is 9.32. The van der Waals surface area contributed by atoms with Gasteiger partial charge in [0.25, 0.3) is 5.91 Å². The third-order valence-corrected chi connectivity index (χ3v) is 2.78. The zero-order valence-corrected chi connectivity index (χ0v) is 11.5. The molecule has 0 radical (unpaired) electrons. The molecule has 0 aromatic carbocycles. The van der Waals surface area contributed by atoms with Crippen LogP contribution in [0.15, 0.2) is 42.7 Å². The van der Waals surface area contributed by atoms with Gasteiger partial charge in [-0.3, -0.25) is 9.78 Å². The Kier molecular flexibility index (Phi) is 5.06. The second-order valence-corrected chi connectivity index (χ2v) is 4.29. The van der Waals surface area contributed by atoms with Gasteiger partial charge in [0, 0.05) is 37.6 Å². The molecule has 2 aromatic heterocycles. The average molecular weight is 270 g/mol. The first-order valence-corrected chi connectivity index (χ1v) is 6.67. The molecule has 0 aliphatic rings. The van der Waals surface area contributed by atoms with Crippen molar-refractivity contribution in [2.24, 2.45) is 0 Å². The number of anilines is 1. The molecule has 5 nitrogen and oxygen atoms in total. The van der Waals surface area contributed by atoms with E-state index in [0.717, 1.165) is 24.5 Å². The maximum absolute atomic E-state index is 11.9. The largest absolute Gasteiger partial charge is 0.370 e. The van der Waals surface area contributed by atoms with Crippen LogP contribution < -0.4 is 10.6 Å². The molecule has 0 bridgehead atoms.